The number of para-hydroxylation sites is 1. The maximum atomic E-state index is 11.7. The molecule has 1 aromatic carbocycles. The molecule has 0 saturated carbocycles. The molecule has 7 heteroatoms. The van der Waals surface area contributed by atoms with Gasteiger partial charge in [-0.1, -0.05) is 18.2 Å². The van der Waals surface area contributed by atoms with Gasteiger partial charge in [-0.25, -0.2) is 15.2 Å². The van der Waals surface area contributed by atoms with Crippen molar-refractivity contribution in [1.82, 2.24) is 21.2 Å². The second kappa shape index (κ2) is 6.90. The Kier molecular flexibility index (Phi) is 4.70. The van der Waals surface area contributed by atoms with E-state index in [4.69, 9.17) is 4.74 Å². The van der Waals surface area contributed by atoms with Crippen molar-refractivity contribution in [2.24, 2.45) is 0 Å². The van der Waals surface area contributed by atoms with Crippen molar-refractivity contribution >= 4 is 11.9 Å². The van der Waals surface area contributed by atoms with Gasteiger partial charge < -0.3 is 10.1 Å². The average molecular weight is 286 g/mol. The first kappa shape index (κ1) is 14.3. The molecule has 0 saturated heterocycles. The van der Waals surface area contributed by atoms with Crippen LogP contribution >= 0.6 is 0 Å². The van der Waals surface area contributed by atoms with Crippen molar-refractivity contribution < 1.29 is 14.3 Å². The second-order valence-corrected chi connectivity index (χ2v) is 3.96. The summed E-state index contributed by atoms with van der Waals surface area (Å²) in [5, 5.41) is 2.31. The van der Waals surface area contributed by atoms with Crippen LogP contribution in [0.3, 0.4) is 0 Å². The highest BCUT2D eigenvalue weighted by molar-refractivity contribution is 5.94. The number of pyridine rings is 1. The van der Waals surface area contributed by atoms with Gasteiger partial charge in [0.05, 0.1) is 5.56 Å². The predicted octanol–water partition coefficient (Wildman–Crippen LogP) is 1.45. The van der Waals surface area contributed by atoms with E-state index in [0.29, 0.717) is 17.2 Å². The third-order valence-electron chi connectivity index (χ3n) is 2.48. The van der Waals surface area contributed by atoms with Gasteiger partial charge in [0.15, 0.2) is 0 Å². The molecule has 0 bridgehead atoms. The number of carbonyl (C=O) groups is 2. The Labute approximate surface area is 121 Å². The molecule has 21 heavy (non-hydrogen) atoms. The third-order valence-corrected chi connectivity index (χ3v) is 2.48. The van der Waals surface area contributed by atoms with Crippen LogP contribution in [0.5, 0.6) is 11.6 Å². The SMILES string of the molecule is CNC(=O)NNC(=O)c1ccc(Oc2ccccc2)nc1. The van der Waals surface area contributed by atoms with Crippen LogP contribution in [0.1, 0.15) is 10.4 Å². The maximum Gasteiger partial charge on any atom is 0.333 e. The number of nitrogens with one attached hydrogen (secondary N) is 3. The molecule has 0 spiro atoms. The molecular formula is C14H14N4O3. The molecule has 2 aromatic rings. The minimum absolute atomic E-state index is 0.298. The average Bonchev–Trinajstić information content (AvgIpc) is 2.54. The molecule has 2 rings (SSSR count). The molecule has 0 aliphatic carbocycles. The number of rotatable bonds is 3. The number of carbonyl (C=O) groups excluding carboxylic acids is 2. The zero-order valence-electron chi connectivity index (χ0n) is 11.3. The molecule has 0 fully saturated rings. The standard InChI is InChI=1S/C14H14N4O3/c1-15-14(20)18-17-13(19)10-7-8-12(16-9-10)21-11-5-3-2-4-6-11/h2-9H,1H3,(H,17,19)(H2,15,18,20). The summed E-state index contributed by atoms with van der Waals surface area (Å²) in [6, 6.07) is 11.8. The zero-order valence-corrected chi connectivity index (χ0v) is 11.3. The first-order valence-electron chi connectivity index (χ1n) is 6.16. The highest BCUT2D eigenvalue weighted by Crippen LogP contribution is 2.18. The summed E-state index contributed by atoms with van der Waals surface area (Å²) < 4.78 is 5.51. The van der Waals surface area contributed by atoms with Gasteiger partial charge in [0.1, 0.15) is 5.75 Å². The summed E-state index contributed by atoms with van der Waals surface area (Å²) in [5.74, 6) is 0.554. The van der Waals surface area contributed by atoms with Crippen molar-refractivity contribution in [3.8, 4) is 11.6 Å². The number of amides is 3. The lowest BCUT2D eigenvalue weighted by molar-refractivity contribution is 0.0936. The van der Waals surface area contributed by atoms with Gasteiger partial charge >= 0.3 is 6.03 Å². The summed E-state index contributed by atoms with van der Waals surface area (Å²) in [5.41, 5.74) is 4.71. The molecule has 7 nitrogen and oxygen atoms in total. The first-order valence-corrected chi connectivity index (χ1v) is 6.16. The summed E-state index contributed by atoms with van der Waals surface area (Å²) in [7, 11) is 1.44. The Bertz CT molecular complexity index is 614. The van der Waals surface area contributed by atoms with Crippen LogP contribution in [0.2, 0.25) is 0 Å². The van der Waals surface area contributed by atoms with E-state index in [2.05, 4.69) is 21.2 Å². The highest BCUT2D eigenvalue weighted by atomic mass is 16.5. The summed E-state index contributed by atoms with van der Waals surface area (Å²) >= 11 is 0. The number of aromatic nitrogens is 1. The number of hydrazine groups is 1. The monoisotopic (exact) mass is 286 g/mol. The van der Waals surface area contributed by atoms with Gasteiger partial charge in [-0.3, -0.25) is 10.2 Å². The molecule has 1 aromatic heterocycles. The number of ether oxygens (including phenoxy) is 1. The third kappa shape index (κ3) is 4.20. The minimum atomic E-state index is -0.514. The van der Waals surface area contributed by atoms with Gasteiger partial charge in [-0.15, -0.1) is 0 Å². The van der Waals surface area contributed by atoms with Crippen molar-refractivity contribution in [2.45, 2.75) is 0 Å². The van der Waals surface area contributed by atoms with Crippen LogP contribution in [-0.4, -0.2) is 24.0 Å². The van der Waals surface area contributed by atoms with Crippen molar-refractivity contribution in [2.75, 3.05) is 7.05 Å². The lowest BCUT2D eigenvalue weighted by atomic mass is 10.3. The largest absolute Gasteiger partial charge is 0.439 e. The Morgan fingerprint density at radius 1 is 1.05 bits per heavy atom. The number of hydrogen-bond donors (Lipinski definition) is 3. The fraction of sp³-hybridized carbons (Fsp3) is 0.0714. The quantitative estimate of drug-likeness (QED) is 0.745. The predicted molar refractivity (Wildman–Crippen MR) is 75.8 cm³/mol. The van der Waals surface area contributed by atoms with Crippen LogP contribution < -0.4 is 20.9 Å². The van der Waals surface area contributed by atoms with E-state index in [-0.39, 0.29) is 0 Å². The molecule has 108 valence electrons. The Hall–Kier alpha value is -3.09. The van der Waals surface area contributed by atoms with Crippen LogP contribution in [0.25, 0.3) is 0 Å². The Morgan fingerprint density at radius 2 is 1.81 bits per heavy atom. The van der Waals surface area contributed by atoms with Crippen LogP contribution in [-0.2, 0) is 0 Å². The molecular weight excluding hydrogens is 272 g/mol. The maximum absolute atomic E-state index is 11.7. The molecule has 0 atom stereocenters. The first-order chi connectivity index (χ1) is 10.2. The minimum Gasteiger partial charge on any atom is -0.439 e. The van der Waals surface area contributed by atoms with E-state index in [0.717, 1.165) is 0 Å². The van der Waals surface area contributed by atoms with E-state index in [1.807, 2.05) is 18.2 Å². The summed E-state index contributed by atoms with van der Waals surface area (Å²) in [6.45, 7) is 0. The lowest BCUT2D eigenvalue weighted by Gasteiger charge is -2.07. The molecule has 0 unspecified atom stereocenters. The van der Waals surface area contributed by atoms with Crippen LogP contribution in [0.15, 0.2) is 48.7 Å². The Morgan fingerprint density at radius 3 is 2.43 bits per heavy atom. The molecule has 0 radical (unpaired) electrons. The second-order valence-electron chi connectivity index (χ2n) is 3.96. The summed E-state index contributed by atoms with van der Waals surface area (Å²) in [6.07, 6.45) is 1.36. The molecule has 3 amide bonds. The van der Waals surface area contributed by atoms with E-state index in [9.17, 15) is 9.59 Å². The van der Waals surface area contributed by atoms with E-state index < -0.39 is 11.9 Å². The summed E-state index contributed by atoms with van der Waals surface area (Å²) in [4.78, 5) is 26.7. The van der Waals surface area contributed by atoms with E-state index in [1.165, 1.54) is 13.2 Å². The van der Waals surface area contributed by atoms with Gasteiger partial charge in [-0.05, 0) is 18.2 Å². The highest BCUT2D eigenvalue weighted by Gasteiger charge is 2.07. The molecule has 1 heterocycles. The topological polar surface area (TPSA) is 92.4 Å². The van der Waals surface area contributed by atoms with E-state index in [1.54, 1.807) is 24.3 Å². The fourth-order valence-electron chi connectivity index (χ4n) is 1.43. The zero-order chi connectivity index (χ0) is 15.1. The van der Waals surface area contributed by atoms with Crippen LogP contribution in [0.4, 0.5) is 4.79 Å². The smallest absolute Gasteiger partial charge is 0.333 e. The van der Waals surface area contributed by atoms with Crippen molar-refractivity contribution in [3.05, 3.63) is 54.2 Å². The fourth-order valence-corrected chi connectivity index (χ4v) is 1.43. The lowest BCUT2D eigenvalue weighted by Crippen LogP contribution is -2.45. The van der Waals surface area contributed by atoms with Crippen molar-refractivity contribution in [3.63, 3.8) is 0 Å². The number of nitrogens with zero attached hydrogens (tertiary/aromatic N) is 1. The number of hydrogen-bond acceptors (Lipinski definition) is 4. The van der Waals surface area contributed by atoms with Gasteiger partial charge in [-0.2, -0.15) is 0 Å². The molecule has 3 N–H and O–H groups in total. The van der Waals surface area contributed by atoms with Crippen molar-refractivity contribution in [1.29, 1.82) is 0 Å². The number of urea groups is 1. The Balaban J connectivity index is 1.95. The van der Waals surface area contributed by atoms with Gasteiger partial charge in [0.25, 0.3) is 5.91 Å². The van der Waals surface area contributed by atoms with Crippen LogP contribution in [0, 0.1) is 0 Å². The normalized spacial score (nSPS) is 9.57. The molecule has 0 aliphatic rings. The van der Waals surface area contributed by atoms with E-state index >= 15 is 0 Å². The van der Waals surface area contributed by atoms with Gasteiger partial charge in [0.2, 0.25) is 5.88 Å². The molecule has 0 aliphatic heterocycles. The number of benzene rings is 1. The van der Waals surface area contributed by atoms with Gasteiger partial charge in [0, 0.05) is 19.3 Å².